The Morgan fingerprint density at radius 3 is 2.74 bits per heavy atom. The molecule has 1 aliphatic carbocycles. The van der Waals surface area contributed by atoms with Crippen LogP contribution in [0.4, 0.5) is 9.18 Å². The van der Waals surface area contributed by atoms with Crippen molar-refractivity contribution in [3.63, 3.8) is 0 Å². The molecule has 1 aliphatic heterocycles. The lowest BCUT2D eigenvalue weighted by Crippen LogP contribution is -2.51. The van der Waals surface area contributed by atoms with Crippen LogP contribution in [0.2, 0.25) is 0 Å². The van der Waals surface area contributed by atoms with E-state index in [0.29, 0.717) is 19.4 Å². The number of allylic oxidation sites excluding steroid dienone is 2. The highest BCUT2D eigenvalue weighted by molar-refractivity contribution is 9.10. The van der Waals surface area contributed by atoms with E-state index in [1.54, 1.807) is 23.1 Å². The summed E-state index contributed by atoms with van der Waals surface area (Å²) >= 11 is 3.43. The number of carbonyl (C=O) groups is 1. The molecule has 0 saturated carbocycles. The third-order valence-corrected chi connectivity index (χ3v) is 6.03. The maximum atomic E-state index is 13.8. The molecular formula is C22H25BrFNO2. The Balaban J connectivity index is 1.81. The number of ether oxygens (including phenoxy) is 1. The maximum absolute atomic E-state index is 13.8. The standard InChI is InChI=1S/C22H25BrFNO2/c1-4-11-22(18-7-10-20(24)15(2)14-18)12-13-25(21(26)27-22)16(3)17-5-8-19(23)9-6-17/h4-10,14-16,20H,1,11-13H2,2-3H3/t15?,16-,20?,22-/m0/s1. The number of cyclic esters (lactones) is 1. The monoisotopic (exact) mass is 433 g/mol. The van der Waals surface area contributed by atoms with Crippen molar-refractivity contribution < 1.29 is 13.9 Å². The van der Waals surface area contributed by atoms with Crippen molar-refractivity contribution in [1.82, 2.24) is 4.90 Å². The second kappa shape index (κ2) is 8.01. The molecule has 2 aliphatic rings. The van der Waals surface area contributed by atoms with Crippen molar-refractivity contribution in [3.05, 3.63) is 70.8 Å². The van der Waals surface area contributed by atoms with Gasteiger partial charge in [0, 0.05) is 29.8 Å². The first-order valence-electron chi connectivity index (χ1n) is 9.27. The van der Waals surface area contributed by atoms with Gasteiger partial charge in [-0.25, -0.2) is 9.18 Å². The van der Waals surface area contributed by atoms with Gasteiger partial charge in [0.15, 0.2) is 0 Å². The number of carbonyl (C=O) groups excluding carboxylic acids is 1. The van der Waals surface area contributed by atoms with Gasteiger partial charge in [-0.1, -0.05) is 53.2 Å². The second-order valence-corrected chi connectivity index (χ2v) is 8.23. The van der Waals surface area contributed by atoms with Crippen molar-refractivity contribution in [1.29, 1.82) is 0 Å². The summed E-state index contributed by atoms with van der Waals surface area (Å²) in [6.45, 7) is 8.24. The average molecular weight is 434 g/mol. The molecule has 1 fully saturated rings. The number of halogens is 2. The smallest absolute Gasteiger partial charge is 0.411 e. The van der Waals surface area contributed by atoms with Crippen LogP contribution in [0, 0.1) is 5.92 Å². The number of nitrogens with zero attached hydrogens (tertiary/aromatic N) is 1. The van der Waals surface area contributed by atoms with Crippen molar-refractivity contribution in [2.75, 3.05) is 6.54 Å². The van der Waals surface area contributed by atoms with Gasteiger partial charge >= 0.3 is 6.09 Å². The lowest BCUT2D eigenvalue weighted by atomic mass is 9.80. The molecule has 27 heavy (non-hydrogen) atoms. The van der Waals surface area contributed by atoms with Gasteiger partial charge in [-0.05, 0) is 36.3 Å². The molecule has 1 amide bonds. The maximum Gasteiger partial charge on any atom is 0.411 e. The first kappa shape index (κ1) is 19.9. The van der Waals surface area contributed by atoms with E-state index in [1.807, 2.05) is 44.2 Å². The van der Waals surface area contributed by atoms with Crippen LogP contribution in [0.25, 0.3) is 0 Å². The fraction of sp³-hybridized carbons (Fsp3) is 0.409. The van der Waals surface area contributed by atoms with E-state index in [2.05, 4.69) is 22.5 Å². The number of amides is 1. The largest absolute Gasteiger partial charge is 0.437 e. The molecular weight excluding hydrogens is 409 g/mol. The minimum absolute atomic E-state index is 0.0858. The van der Waals surface area contributed by atoms with E-state index in [-0.39, 0.29) is 18.1 Å². The Morgan fingerprint density at radius 1 is 1.44 bits per heavy atom. The van der Waals surface area contributed by atoms with E-state index >= 15 is 0 Å². The van der Waals surface area contributed by atoms with E-state index in [4.69, 9.17) is 4.74 Å². The van der Waals surface area contributed by atoms with Gasteiger partial charge in [-0.2, -0.15) is 0 Å². The summed E-state index contributed by atoms with van der Waals surface area (Å²) in [7, 11) is 0. The number of alkyl halides is 1. The lowest BCUT2D eigenvalue weighted by Gasteiger charge is -2.44. The van der Waals surface area contributed by atoms with Crippen molar-refractivity contribution in [2.24, 2.45) is 5.92 Å². The number of rotatable bonds is 5. The van der Waals surface area contributed by atoms with Gasteiger partial charge in [-0.3, -0.25) is 0 Å². The van der Waals surface area contributed by atoms with Crippen LogP contribution in [-0.2, 0) is 4.74 Å². The lowest BCUT2D eigenvalue weighted by molar-refractivity contribution is -0.0317. The minimum Gasteiger partial charge on any atom is -0.437 e. The fourth-order valence-electron chi connectivity index (χ4n) is 3.75. The molecule has 1 heterocycles. The van der Waals surface area contributed by atoms with Crippen molar-refractivity contribution in [3.8, 4) is 0 Å². The van der Waals surface area contributed by atoms with Gasteiger partial charge in [0.2, 0.25) is 0 Å². The number of benzene rings is 1. The predicted octanol–water partition coefficient (Wildman–Crippen LogP) is 6.14. The van der Waals surface area contributed by atoms with Gasteiger partial charge < -0.3 is 9.64 Å². The molecule has 0 N–H and O–H groups in total. The van der Waals surface area contributed by atoms with E-state index in [0.717, 1.165) is 15.6 Å². The average Bonchev–Trinajstić information content (AvgIpc) is 2.64. The highest BCUT2D eigenvalue weighted by Crippen LogP contribution is 2.40. The second-order valence-electron chi connectivity index (χ2n) is 7.31. The van der Waals surface area contributed by atoms with Crippen LogP contribution >= 0.6 is 15.9 Å². The molecule has 0 bridgehead atoms. The molecule has 4 atom stereocenters. The molecule has 1 saturated heterocycles. The Labute approximate surface area is 168 Å². The quantitative estimate of drug-likeness (QED) is 0.522. The molecule has 2 unspecified atom stereocenters. The summed E-state index contributed by atoms with van der Waals surface area (Å²) in [5, 5.41) is 0. The van der Waals surface area contributed by atoms with Gasteiger partial charge in [0.1, 0.15) is 11.8 Å². The molecule has 0 spiro atoms. The summed E-state index contributed by atoms with van der Waals surface area (Å²) in [6.07, 6.45) is 6.78. The summed E-state index contributed by atoms with van der Waals surface area (Å²) in [4.78, 5) is 14.6. The molecule has 0 radical (unpaired) electrons. The van der Waals surface area contributed by atoms with Crippen LogP contribution in [0.15, 0.2) is 65.2 Å². The SMILES string of the molecule is C=CC[C@@]1(C2=CC(C)C(F)C=C2)CCN([C@@H](C)c2ccc(Br)cc2)C(=O)O1. The molecule has 3 rings (SSSR count). The summed E-state index contributed by atoms with van der Waals surface area (Å²) < 4.78 is 20.8. The Kier molecular flexibility index (Phi) is 5.89. The molecule has 144 valence electrons. The topological polar surface area (TPSA) is 29.5 Å². The van der Waals surface area contributed by atoms with Crippen LogP contribution in [0.5, 0.6) is 0 Å². The van der Waals surface area contributed by atoms with Crippen LogP contribution in [0.3, 0.4) is 0 Å². The highest BCUT2D eigenvalue weighted by Gasteiger charge is 2.44. The molecule has 1 aromatic rings. The third kappa shape index (κ3) is 4.03. The number of hydrogen-bond acceptors (Lipinski definition) is 2. The summed E-state index contributed by atoms with van der Waals surface area (Å²) in [5.74, 6) is -0.231. The van der Waals surface area contributed by atoms with Gasteiger partial charge in [0.25, 0.3) is 0 Å². The zero-order valence-corrected chi connectivity index (χ0v) is 17.3. The first-order valence-corrected chi connectivity index (χ1v) is 10.1. The predicted molar refractivity (Wildman–Crippen MR) is 109 cm³/mol. The Morgan fingerprint density at radius 2 is 2.15 bits per heavy atom. The van der Waals surface area contributed by atoms with Crippen LogP contribution < -0.4 is 0 Å². The fourth-order valence-corrected chi connectivity index (χ4v) is 4.01. The molecule has 1 aromatic carbocycles. The van der Waals surface area contributed by atoms with E-state index in [9.17, 15) is 9.18 Å². The summed E-state index contributed by atoms with van der Waals surface area (Å²) in [5.41, 5.74) is 1.16. The normalized spacial score (nSPS) is 29.1. The molecule has 0 aromatic heterocycles. The van der Waals surface area contributed by atoms with Crippen molar-refractivity contribution >= 4 is 22.0 Å². The zero-order chi connectivity index (χ0) is 19.6. The Hall–Kier alpha value is -1.88. The van der Waals surface area contributed by atoms with Crippen LogP contribution in [-0.4, -0.2) is 29.3 Å². The van der Waals surface area contributed by atoms with E-state index in [1.165, 1.54) is 0 Å². The number of hydrogen-bond donors (Lipinski definition) is 0. The summed E-state index contributed by atoms with van der Waals surface area (Å²) in [6, 6.07) is 7.86. The Bertz CT molecular complexity index is 773. The van der Waals surface area contributed by atoms with E-state index < -0.39 is 11.8 Å². The third-order valence-electron chi connectivity index (χ3n) is 5.50. The minimum atomic E-state index is -0.997. The first-order chi connectivity index (χ1) is 12.9. The van der Waals surface area contributed by atoms with Gasteiger partial charge in [-0.15, -0.1) is 6.58 Å². The zero-order valence-electron chi connectivity index (χ0n) is 15.7. The van der Waals surface area contributed by atoms with Crippen molar-refractivity contribution in [2.45, 2.75) is 44.5 Å². The molecule has 3 nitrogen and oxygen atoms in total. The van der Waals surface area contributed by atoms with Crippen LogP contribution in [0.1, 0.15) is 38.3 Å². The molecule has 5 heteroatoms. The van der Waals surface area contributed by atoms with Gasteiger partial charge in [0.05, 0.1) is 6.04 Å². The highest BCUT2D eigenvalue weighted by atomic mass is 79.9.